The molecule has 0 spiro atoms. The first-order valence-electron chi connectivity index (χ1n) is 5.45. The van der Waals surface area contributed by atoms with E-state index in [2.05, 4.69) is 20.4 Å². The molecule has 0 aromatic rings. The fraction of sp³-hybridized carbons (Fsp3) is 0.750. The van der Waals surface area contributed by atoms with E-state index in [1.807, 2.05) is 0 Å². The van der Waals surface area contributed by atoms with Crippen molar-refractivity contribution in [1.82, 2.24) is 0 Å². The van der Waals surface area contributed by atoms with Crippen LogP contribution in [-0.4, -0.2) is 12.1 Å². The highest BCUT2D eigenvalue weighted by Gasteiger charge is 2.18. The van der Waals surface area contributed by atoms with Gasteiger partial charge in [-0.25, -0.2) is 0 Å². The molecule has 2 nitrogen and oxygen atoms in total. The van der Waals surface area contributed by atoms with Gasteiger partial charge in [0.1, 0.15) is 6.10 Å². The molecule has 0 aliphatic rings. The van der Waals surface area contributed by atoms with Gasteiger partial charge in [0.2, 0.25) is 0 Å². The van der Waals surface area contributed by atoms with Gasteiger partial charge in [0, 0.05) is 6.92 Å². The van der Waals surface area contributed by atoms with Gasteiger partial charge in [0.25, 0.3) is 0 Å². The topological polar surface area (TPSA) is 26.3 Å². The van der Waals surface area contributed by atoms with Crippen molar-refractivity contribution in [2.45, 2.75) is 52.6 Å². The molecule has 82 valence electrons. The number of esters is 1. The van der Waals surface area contributed by atoms with Gasteiger partial charge in [-0.05, 0) is 18.8 Å². The van der Waals surface area contributed by atoms with E-state index in [4.69, 9.17) is 4.74 Å². The van der Waals surface area contributed by atoms with Crippen LogP contribution in [0.15, 0.2) is 12.7 Å². The Bertz CT molecular complexity index is 175. The third-order valence-corrected chi connectivity index (χ3v) is 2.45. The lowest BCUT2D eigenvalue weighted by molar-refractivity contribution is -0.146. The lowest BCUT2D eigenvalue weighted by Crippen LogP contribution is -2.23. The summed E-state index contributed by atoms with van der Waals surface area (Å²) in [5.74, 6) is 0.209. The van der Waals surface area contributed by atoms with Crippen molar-refractivity contribution in [1.29, 1.82) is 0 Å². The molecule has 0 aliphatic carbocycles. The second-order valence-corrected chi connectivity index (χ2v) is 3.62. The Hall–Kier alpha value is -0.790. The molecule has 2 heteroatoms. The first-order chi connectivity index (χ1) is 6.65. The van der Waals surface area contributed by atoms with Crippen molar-refractivity contribution >= 4 is 5.97 Å². The first-order valence-corrected chi connectivity index (χ1v) is 5.45. The number of ether oxygens (including phenoxy) is 1. The molecule has 0 amide bonds. The first kappa shape index (κ1) is 13.2. The van der Waals surface area contributed by atoms with E-state index in [-0.39, 0.29) is 12.1 Å². The SMILES string of the molecule is C=CC(OC(C)=O)C(CC)CCCC. The van der Waals surface area contributed by atoms with Crippen LogP contribution in [-0.2, 0) is 9.53 Å². The Labute approximate surface area is 87.3 Å². The van der Waals surface area contributed by atoms with Crippen molar-refractivity contribution in [3.05, 3.63) is 12.7 Å². The van der Waals surface area contributed by atoms with Crippen LogP contribution < -0.4 is 0 Å². The average molecular weight is 198 g/mol. The van der Waals surface area contributed by atoms with Gasteiger partial charge < -0.3 is 4.74 Å². The minimum atomic E-state index is -0.218. The van der Waals surface area contributed by atoms with Crippen molar-refractivity contribution in [3.8, 4) is 0 Å². The summed E-state index contributed by atoms with van der Waals surface area (Å²) in [5, 5.41) is 0. The molecular formula is C12H22O2. The standard InChI is InChI=1S/C12H22O2/c1-5-8-9-11(6-2)12(7-3)14-10(4)13/h7,11-12H,3,5-6,8-9H2,1-2,4H3. The predicted octanol–water partition coefficient (Wildman–Crippen LogP) is 3.32. The van der Waals surface area contributed by atoms with Gasteiger partial charge in [-0.2, -0.15) is 0 Å². The summed E-state index contributed by atoms with van der Waals surface area (Å²) in [6.45, 7) is 9.45. The molecule has 0 heterocycles. The largest absolute Gasteiger partial charge is 0.458 e. The van der Waals surface area contributed by atoms with Crippen LogP contribution in [0.2, 0.25) is 0 Å². The summed E-state index contributed by atoms with van der Waals surface area (Å²) >= 11 is 0. The number of carbonyl (C=O) groups excluding carboxylic acids is 1. The fourth-order valence-corrected chi connectivity index (χ4v) is 1.60. The molecule has 0 aromatic carbocycles. The Balaban J connectivity index is 4.13. The Morgan fingerprint density at radius 3 is 2.50 bits per heavy atom. The molecule has 0 radical (unpaired) electrons. The number of hydrogen-bond donors (Lipinski definition) is 0. The predicted molar refractivity (Wildman–Crippen MR) is 59.1 cm³/mol. The normalized spacial score (nSPS) is 14.5. The van der Waals surface area contributed by atoms with Gasteiger partial charge in [0.15, 0.2) is 0 Å². The smallest absolute Gasteiger partial charge is 0.303 e. The lowest BCUT2D eigenvalue weighted by atomic mass is 9.93. The van der Waals surface area contributed by atoms with E-state index >= 15 is 0 Å². The number of unbranched alkanes of at least 4 members (excludes halogenated alkanes) is 1. The maximum atomic E-state index is 10.8. The Morgan fingerprint density at radius 1 is 1.50 bits per heavy atom. The number of hydrogen-bond acceptors (Lipinski definition) is 2. The molecule has 0 saturated carbocycles. The summed E-state index contributed by atoms with van der Waals surface area (Å²) in [4.78, 5) is 10.8. The minimum absolute atomic E-state index is 0.107. The maximum absolute atomic E-state index is 10.8. The molecular weight excluding hydrogens is 176 g/mol. The monoisotopic (exact) mass is 198 g/mol. The van der Waals surface area contributed by atoms with E-state index in [0.29, 0.717) is 5.92 Å². The average Bonchev–Trinajstić information content (AvgIpc) is 2.16. The van der Waals surface area contributed by atoms with Crippen LogP contribution in [0.3, 0.4) is 0 Å². The molecule has 14 heavy (non-hydrogen) atoms. The van der Waals surface area contributed by atoms with Crippen molar-refractivity contribution < 1.29 is 9.53 Å². The Kier molecular flexibility index (Phi) is 7.17. The molecule has 0 rings (SSSR count). The van der Waals surface area contributed by atoms with Crippen molar-refractivity contribution in [3.63, 3.8) is 0 Å². The summed E-state index contributed by atoms with van der Waals surface area (Å²) in [6.07, 6.45) is 6.14. The van der Waals surface area contributed by atoms with E-state index in [1.54, 1.807) is 6.08 Å². The zero-order valence-corrected chi connectivity index (χ0v) is 9.58. The fourth-order valence-electron chi connectivity index (χ4n) is 1.60. The third kappa shape index (κ3) is 5.05. The molecule has 2 unspecified atom stereocenters. The summed E-state index contributed by atoms with van der Waals surface area (Å²) in [6, 6.07) is 0. The van der Waals surface area contributed by atoms with E-state index in [9.17, 15) is 4.79 Å². The maximum Gasteiger partial charge on any atom is 0.303 e. The Morgan fingerprint density at radius 2 is 2.14 bits per heavy atom. The zero-order chi connectivity index (χ0) is 11.0. The van der Waals surface area contributed by atoms with E-state index in [0.717, 1.165) is 12.8 Å². The molecule has 0 bridgehead atoms. The molecule has 0 N–H and O–H groups in total. The summed E-state index contributed by atoms with van der Waals surface area (Å²) < 4.78 is 5.19. The van der Waals surface area contributed by atoms with Crippen molar-refractivity contribution in [2.75, 3.05) is 0 Å². The molecule has 2 atom stereocenters. The van der Waals surface area contributed by atoms with Crippen molar-refractivity contribution in [2.24, 2.45) is 5.92 Å². The highest BCUT2D eigenvalue weighted by Crippen LogP contribution is 2.20. The van der Waals surface area contributed by atoms with E-state index in [1.165, 1.54) is 19.8 Å². The summed E-state index contributed by atoms with van der Waals surface area (Å²) in [5.41, 5.74) is 0. The van der Waals surface area contributed by atoms with Gasteiger partial charge >= 0.3 is 5.97 Å². The van der Waals surface area contributed by atoms with Crippen LogP contribution in [0.1, 0.15) is 46.5 Å². The van der Waals surface area contributed by atoms with Gasteiger partial charge in [-0.1, -0.05) is 39.3 Å². The number of rotatable bonds is 7. The minimum Gasteiger partial charge on any atom is -0.458 e. The van der Waals surface area contributed by atoms with Crippen LogP contribution in [0.25, 0.3) is 0 Å². The van der Waals surface area contributed by atoms with Crippen LogP contribution in [0.5, 0.6) is 0 Å². The van der Waals surface area contributed by atoms with Crippen LogP contribution >= 0.6 is 0 Å². The quantitative estimate of drug-likeness (QED) is 0.463. The highest BCUT2D eigenvalue weighted by atomic mass is 16.5. The zero-order valence-electron chi connectivity index (χ0n) is 9.58. The second kappa shape index (κ2) is 7.60. The summed E-state index contributed by atoms with van der Waals surface area (Å²) in [7, 11) is 0. The number of carbonyl (C=O) groups is 1. The lowest BCUT2D eigenvalue weighted by Gasteiger charge is -2.22. The van der Waals surface area contributed by atoms with Gasteiger partial charge in [-0.3, -0.25) is 4.79 Å². The van der Waals surface area contributed by atoms with E-state index < -0.39 is 0 Å². The van der Waals surface area contributed by atoms with Gasteiger partial charge in [0.05, 0.1) is 0 Å². The molecule has 0 saturated heterocycles. The van der Waals surface area contributed by atoms with Crippen LogP contribution in [0.4, 0.5) is 0 Å². The van der Waals surface area contributed by atoms with Crippen LogP contribution in [0, 0.1) is 5.92 Å². The second-order valence-electron chi connectivity index (χ2n) is 3.62. The third-order valence-electron chi connectivity index (χ3n) is 2.45. The molecule has 0 aliphatic heterocycles. The molecule has 0 aromatic heterocycles. The highest BCUT2D eigenvalue weighted by molar-refractivity contribution is 5.66. The molecule has 0 fully saturated rings. The van der Waals surface area contributed by atoms with Gasteiger partial charge in [-0.15, -0.1) is 0 Å².